The summed E-state index contributed by atoms with van der Waals surface area (Å²) in [6.07, 6.45) is 5.10. The number of halogens is 1. The van der Waals surface area contributed by atoms with E-state index in [-0.39, 0.29) is 11.9 Å². The van der Waals surface area contributed by atoms with Crippen LogP contribution in [0.2, 0.25) is 0 Å². The molecule has 1 unspecified atom stereocenters. The lowest BCUT2D eigenvalue weighted by Gasteiger charge is -2.32. The quantitative estimate of drug-likeness (QED) is 0.929. The topological polar surface area (TPSA) is 32.5 Å². The number of hydrogen-bond donors (Lipinski definition) is 1. The van der Waals surface area contributed by atoms with Gasteiger partial charge in [0.25, 0.3) is 0 Å². The Kier molecular flexibility index (Phi) is 4.45. The van der Waals surface area contributed by atoms with E-state index in [4.69, 9.17) is 5.73 Å². The van der Waals surface area contributed by atoms with Crippen LogP contribution in [0.15, 0.2) is 18.2 Å². The summed E-state index contributed by atoms with van der Waals surface area (Å²) in [5, 5.41) is 0. The van der Waals surface area contributed by atoms with Gasteiger partial charge >= 0.3 is 0 Å². The highest BCUT2D eigenvalue weighted by Crippen LogP contribution is 2.32. The lowest BCUT2D eigenvalue weighted by atomic mass is 10.1. The molecule has 1 aromatic carbocycles. The number of likely N-dealkylation sites (tertiary alicyclic amines) is 1. The second-order valence-electron chi connectivity index (χ2n) is 6.45. The summed E-state index contributed by atoms with van der Waals surface area (Å²) < 4.78 is 14.3. The van der Waals surface area contributed by atoms with Gasteiger partial charge < -0.3 is 10.6 Å². The molecule has 0 saturated carbocycles. The van der Waals surface area contributed by atoms with E-state index in [0.717, 1.165) is 30.8 Å². The minimum atomic E-state index is -0.135. The first-order valence-corrected chi connectivity index (χ1v) is 8.20. The molecule has 0 aromatic heterocycles. The van der Waals surface area contributed by atoms with Gasteiger partial charge in [0, 0.05) is 25.2 Å². The molecule has 0 aliphatic carbocycles. The number of nitrogens with two attached hydrogens (primary N) is 1. The summed E-state index contributed by atoms with van der Waals surface area (Å²) in [6, 6.07) is 5.71. The number of nitrogens with zero attached hydrogens (tertiary/aromatic N) is 2. The summed E-state index contributed by atoms with van der Waals surface area (Å²) >= 11 is 0. The van der Waals surface area contributed by atoms with Crippen LogP contribution in [0.1, 0.15) is 44.2 Å². The molecule has 0 amide bonds. The van der Waals surface area contributed by atoms with E-state index in [0.29, 0.717) is 6.04 Å². The van der Waals surface area contributed by atoms with Crippen molar-refractivity contribution in [3.8, 4) is 0 Å². The number of rotatable bonds is 3. The fraction of sp³-hybridized carbons (Fsp3) is 0.647. The zero-order chi connectivity index (χ0) is 14.8. The van der Waals surface area contributed by atoms with Crippen LogP contribution >= 0.6 is 0 Å². The molecular formula is C17H26FN3. The second kappa shape index (κ2) is 6.32. The van der Waals surface area contributed by atoms with Crippen molar-refractivity contribution >= 4 is 5.69 Å². The van der Waals surface area contributed by atoms with Crippen LogP contribution < -0.4 is 10.6 Å². The standard InChI is InChI=1S/C17H26FN3/c1-13(19)15-6-5-7-16(18)17(15)21-11-8-14(12-21)20-9-3-2-4-10-20/h5-7,13-14H,2-4,8-12,19H2,1H3/t13-,14?/m1/s1. The van der Waals surface area contributed by atoms with Gasteiger partial charge in [-0.1, -0.05) is 18.6 Å². The van der Waals surface area contributed by atoms with Crippen molar-refractivity contribution in [2.24, 2.45) is 5.73 Å². The smallest absolute Gasteiger partial charge is 0.146 e. The Hall–Kier alpha value is -1.13. The highest BCUT2D eigenvalue weighted by Gasteiger charge is 2.31. The summed E-state index contributed by atoms with van der Waals surface area (Å²) in [7, 11) is 0. The van der Waals surface area contributed by atoms with Crippen molar-refractivity contribution in [3.63, 3.8) is 0 Å². The van der Waals surface area contributed by atoms with Crippen molar-refractivity contribution < 1.29 is 4.39 Å². The maximum absolute atomic E-state index is 14.3. The van der Waals surface area contributed by atoms with Gasteiger partial charge in [0.2, 0.25) is 0 Å². The van der Waals surface area contributed by atoms with E-state index >= 15 is 0 Å². The summed E-state index contributed by atoms with van der Waals surface area (Å²) in [4.78, 5) is 4.79. The number of hydrogen-bond acceptors (Lipinski definition) is 3. The highest BCUT2D eigenvalue weighted by molar-refractivity contribution is 5.57. The van der Waals surface area contributed by atoms with E-state index in [9.17, 15) is 4.39 Å². The molecule has 0 bridgehead atoms. The number of anilines is 1. The first kappa shape index (κ1) is 14.8. The third kappa shape index (κ3) is 3.06. The van der Waals surface area contributed by atoms with E-state index < -0.39 is 0 Å². The van der Waals surface area contributed by atoms with Crippen LogP contribution in [0, 0.1) is 5.82 Å². The lowest BCUT2D eigenvalue weighted by molar-refractivity contribution is 0.174. The Morgan fingerprint density at radius 1 is 1.19 bits per heavy atom. The third-order valence-electron chi connectivity index (χ3n) is 4.90. The monoisotopic (exact) mass is 291 g/mol. The molecule has 3 nitrogen and oxygen atoms in total. The Morgan fingerprint density at radius 3 is 2.67 bits per heavy atom. The molecule has 2 N–H and O–H groups in total. The van der Waals surface area contributed by atoms with E-state index in [1.54, 1.807) is 12.1 Å². The van der Waals surface area contributed by atoms with Crippen molar-refractivity contribution in [3.05, 3.63) is 29.6 Å². The normalized spacial score (nSPS) is 25.3. The van der Waals surface area contributed by atoms with E-state index in [1.165, 1.54) is 32.4 Å². The van der Waals surface area contributed by atoms with Crippen LogP contribution in [-0.4, -0.2) is 37.1 Å². The number of piperidine rings is 1. The minimum absolute atomic E-state index is 0.135. The van der Waals surface area contributed by atoms with Crippen LogP contribution in [-0.2, 0) is 0 Å². The second-order valence-corrected chi connectivity index (χ2v) is 6.45. The summed E-state index contributed by atoms with van der Waals surface area (Å²) in [5.74, 6) is -0.135. The highest BCUT2D eigenvalue weighted by atomic mass is 19.1. The van der Waals surface area contributed by atoms with Gasteiger partial charge in [0.15, 0.2) is 0 Å². The Balaban J connectivity index is 1.77. The fourth-order valence-electron chi connectivity index (χ4n) is 3.76. The molecule has 116 valence electrons. The van der Waals surface area contributed by atoms with Crippen LogP contribution in [0.5, 0.6) is 0 Å². The molecule has 1 aromatic rings. The predicted octanol–water partition coefficient (Wildman–Crippen LogP) is 2.91. The van der Waals surface area contributed by atoms with Crippen LogP contribution in [0.4, 0.5) is 10.1 Å². The Labute approximate surface area is 126 Å². The Bertz CT molecular complexity index is 483. The average Bonchev–Trinajstić information content (AvgIpc) is 2.97. The average molecular weight is 291 g/mol. The van der Waals surface area contributed by atoms with E-state index in [2.05, 4.69) is 9.80 Å². The van der Waals surface area contributed by atoms with Crippen molar-refractivity contribution in [1.82, 2.24) is 4.90 Å². The summed E-state index contributed by atoms with van der Waals surface area (Å²) in [6.45, 7) is 6.20. The Morgan fingerprint density at radius 2 is 1.95 bits per heavy atom. The number of benzene rings is 1. The molecule has 0 spiro atoms. The van der Waals surface area contributed by atoms with Gasteiger partial charge in [-0.25, -0.2) is 4.39 Å². The molecular weight excluding hydrogens is 265 g/mol. The first-order chi connectivity index (χ1) is 10.2. The van der Waals surface area contributed by atoms with Gasteiger partial charge in [0.1, 0.15) is 5.82 Å². The largest absolute Gasteiger partial charge is 0.367 e. The van der Waals surface area contributed by atoms with Gasteiger partial charge in [-0.15, -0.1) is 0 Å². The maximum atomic E-state index is 14.3. The van der Waals surface area contributed by atoms with Crippen molar-refractivity contribution in [1.29, 1.82) is 0 Å². The molecule has 2 atom stereocenters. The van der Waals surface area contributed by atoms with Gasteiger partial charge in [-0.2, -0.15) is 0 Å². The minimum Gasteiger partial charge on any atom is -0.367 e. The molecule has 2 saturated heterocycles. The van der Waals surface area contributed by atoms with Crippen molar-refractivity contribution in [2.75, 3.05) is 31.1 Å². The van der Waals surface area contributed by atoms with Gasteiger partial charge in [-0.05, 0) is 50.9 Å². The van der Waals surface area contributed by atoms with Gasteiger partial charge in [-0.3, -0.25) is 4.90 Å². The molecule has 0 radical (unpaired) electrons. The van der Waals surface area contributed by atoms with Crippen molar-refractivity contribution in [2.45, 2.75) is 44.7 Å². The fourth-order valence-corrected chi connectivity index (χ4v) is 3.76. The molecule has 3 rings (SSSR count). The van der Waals surface area contributed by atoms with E-state index in [1.807, 2.05) is 13.0 Å². The predicted molar refractivity (Wildman–Crippen MR) is 85.0 cm³/mol. The SMILES string of the molecule is C[C@@H](N)c1cccc(F)c1N1CCC(N2CCCCC2)C1. The zero-order valence-corrected chi connectivity index (χ0v) is 12.9. The molecule has 2 fully saturated rings. The molecule has 4 heteroatoms. The molecule has 2 heterocycles. The van der Waals surface area contributed by atoms with Gasteiger partial charge in [0.05, 0.1) is 5.69 Å². The zero-order valence-electron chi connectivity index (χ0n) is 12.9. The molecule has 2 aliphatic heterocycles. The van der Waals surface area contributed by atoms with Crippen LogP contribution in [0.25, 0.3) is 0 Å². The van der Waals surface area contributed by atoms with Crippen LogP contribution in [0.3, 0.4) is 0 Å². The first-order valence-electron chi connectivity index (χ1n) is 8.20. The number of para-hydroxylation sites is 1. The summed E-state index contributed by atoms with van der Waals surface area (Å²) in [5.41, 5.74) is 7.68. The maximum Gasteiger partial charge on any atom is 0.146 e. The lowest BCUT2D eigenvalue weighted by Crippen LogP contribution is -2.41. The molecule has 2 aliphatic rings. The third-order valence-corrected chi connectivity index (χ3v) is 4.90. The molecule has 21 heavy (non-hydrogen) atoms.